The molecule has 5 aliphatic rings. The van der Waals surface area contributed by atoms with Crippen LogP contribution in [-0.4, -0.2) is 30.6 Å². The predicted octanol–water partition coefficient (Wildman–Crippen LogP) is 3.01. The highest BCUT2D eigenvalue weighted by Gasteiger charge is 2.51. The lowest BCUT2D eigenvalue weighted by atomic mass is 9.52. The van der Waals surface area contributed by atoms with Gasteiger partial charge in [-0.25, -0.2) is 4.79 Å². The van der Waals surface area contributed by atoms with Crippen LogP contribution in [0.15, 0.2) is 0 Å². The number of urea groups is 1. The molecule has 3 amide bonds. The van der Waals surface area contributed by atoms with E-state index in [4.69, 9.17) is 4.74 Å². The van der Waals surface area contributed by atoms with Crippen LogP contribution in [0, 0.1) is 35.5 Å². The molecule has 2 N–H and O–H groups in total. The molecule has 0 saturated heterocycles. The van der Waals surface area contributed by atoms with Gasteiger partial charge in [-0.1, -0.05) is 19.8 Å². The van der Waals surface area contributed by atoms with Gasteiger partial charge in [0.15, 0.2) is 6.61 Å². The van der Waals surface area contributed by atoms with Crippen molar-refractivity contribution in [2.45, 2.75) is 70.8 Å². The Kier molecular flexibility index (Phi) is 5.42. The van der Waals surface area contributed by atoms with E-state index in [0.29, 0.717) is 17.8 Å². The van der Waals surface area contributed by atoms with Crippen LogP contribution < -0.4 is 10.6 Å². The first kappa shape index (κ1) is 18.8. The fourth-order valence-corrected chi connectivity index (χ4v) is 6.44. The molecule has 5 rings (SSSR count). The van der Waals surface area contributed by atoms with Gasteiger partial charge in [0, 0.05) is 6.04 Å². The Balaban J connectivity index is 1.21. The Morgan fingerprint density at radius 1 is 0.926 bits per heavy atom. The first-order chi connectivity index (χ1) is 13.0. The lowest BCUT2D eigenvalue weighted by molar-refractivity contribution is -0.164. The summed E-state index contributed by atoms with van der Waals surface area (Å²) in [6.45, 7) is 1.76. The maximum Gasteiger partial charge on any atom is 0.321 e. The van der Waals surface area contributed by atoms with E-state index in [1.54, 1.807) is 0 Å². The van der Waals surface area contributed by atoms with Gasteiger partial charge in [0.25, 0.3) is 5.91 Å². The van der Waals surface area contributed by atoms with Crippen molar-refractivity contribution in [2.24, 2.45) is 35.5 Å². The van der Waals surface area contributed by atoms with Gasteiger partial charge in [0.2, 0.25) is 0 Å². The molecule has 0 unspecified atom stereocenters. The van der Waals surface area contributed by atoms with E-state index in [1.807, 2.05) is 0 Å². The van der Waals surface area contributed by atoms with Crippen LogP contribution in [0.2, 0.25) is 0 Å². The molecule has 0 radical (unpaired) electrons. The van der Waals surface area contributed by atoms with Crippen molar-refractivity contribution < 1.29 is 19.1 Å². The number of carbonyl (C=O) groups excluding carboxylic acids is 3. The molecule has 2 atom stereocenters. The summed E-state index contributed by atoms with van der Waals surface area (Å²) in [6.07, 6.45) is 10.2. The van der Waals surface area contributed by atoms with Crippen LogP contribution in [0.3, 0.4) is 0 Å². The molecule has 5 fully saturated rings. The average Bonchev–Trinajstić information content (AvgIpc) is 2.61. The minimum Gasteiger partial charge on any atom is -0.455 e. The number of carbonyl (C=O) groups is 3. The molecule has 6 nitrogen and oxygen atoms in total. The fraction of sp³-hybridized carbons (Fsp3) is 0.857. The van der Waals surface area contributed by atoms with E-state index in [0.717, 1.165) is 56.8 Å². The smallest absolute Gasteiger partial charge is 0.321 e. The number of rotatable bonds is 4. The summed E-state index contributed by atoms with van der Waals surface area (Å²) in [5, 5.41) is 5.19. The molecular formula is C21H32N2O4. The molecule has 0 aromatic rings. The minimum atomic E-state index is -0.548. The van der Waals surface area contributed by atoms with Crippen LogP contribution in [0.5, 0.6) is 0 Å². The molecular weight excluding hydrogens is 344 g/mol. The highest BCUT2D eigenvalue weighted by Crippen LogP contribution is 2.56. The van der Waals surface area contributed by atoms with Crippen molar-refractivity contribution >= 4 is 17.9 Å². The third kappa shape index (κ3) is 4.14. The summed E-state index contributed by atoms with van der Waals surface area (Å²) < 4.78 is 5.31. The van der Waals surface area contributed by atoms with Gasteiger partial charge >= 0.3 is 12.0 Å². The number of imide groups is 1. The lowest BCUT2D eigenvalue weighted by Gasteiger charge is -2.53. The molecule has 0 aromatic heterocycles. The van der Waals surface area contributed by atoms with Crippen LogP contribution in [0.25, 0.3) is 0 Å². The second-order valence-electron chi connectivity index (χ2n) is 9.45. The van der Waals surface area contributed by atoms with E-state index in [1.165, 1.54) is 12.8 Å². The Bertz CT molecular complexity index is 577. The van der Waals surface area contributed by atoms with E-state index >= 15 is 0 Å². The maximum atomic E-state index is 12.6. The highest BCUT2D eigenvalue weighted by atomic mass is 16.5. The first-order valence-corrected chi connectivity index (χ1v) is 10.8. The van der Waals surface area contributed by atoms with Crippen LogP contribution >= 0.6 is 0 Å². The van der Waals surface area contributed by atoms with E-state index < -0.39 is 11.9 Å². The molecule has 5 aliphatic carbocycles. The summed E-state index contributed by atoms with van der Waals surface area (Å²) in [7, 11) is 0. The molecule has 0 aliphatic heterocycles. The molecule has 27 heavy (non-hydrogen) atoms. The Hall–Kier alpha value is -1.59. The Morgan fingerprint density at radius 3 is 2.19 bits per heavy atom. The standard InChI is InChI=1S/C21H32N2O4/c1-12-4-2-3-5-17(12)22-21(26)23-18(24)11-27-20(25)19-15-7-13-6-14(9-15)10-16(19)8-13/h12-17,19H,2-11H2,1H3,(H2,22,23,24,26)/t12-,13?,14?,15?,16?,17-,19?/m1/s1. The van der Waals surface area contributed by atoms with Gasteiger partial charge in [-0.2, -0.15) is 0 Å². The summed E-state index contributed by atoms with van der Waals surface area (Å²) in [4.78, 5) is 36.6. The van der Waals surface area contributed by atoms with E-state index in [-0.39, 0.29) is 24.5 Å². The minimum absolute atomic E-state index is 0.0393. The van der Waals surface area contributed by atoms with Gasteiger partial charge < -0.3 is 10.1 Å². The van der Waals surface area contributed by atoms with Crippen molar-refractivity contribution in [1.29, 1.82) is 0 Å². The zero-order chi connectivity index (χ0) is 19.0. The van der Waals surface area contributed by atoms with Crippen molar-refractivity contribution in [1.82, 2.24) is 10.6 Å². The summed E-state index contributed by atoms with van der Waals surface area (Å²) in [5.74, 6) is 2.07. The first-order valence-electron chi connectivity index (χ1n) is 10.8. The Morgan fingerprint density at radius 2 is 1.56 bits per heavy atom. The van der Waals surface area contributed by atoms with Crippen molar-refractivity contribution in [3.8, 4) is 0 Å². The van der Waals surface area contributed by atoms with Crippen molar-refractivity contribution in [3.05, 3.63) is 0 Å². The van der Waals surface area contributed by atoms with Crippen LogP contribution in [0.4, 0.5) is 4.79 Å². The molecule has 4 bridgehead atoms. The van der Waals surface area contributed by atoms with Gasteiger partial charge in [-0.15, -0.1) is 0 Å². The second-order valence-corrected chi connectivity index (χ2v) is 9.45. The molecule has 5 saturated carbocycles. The SMILES string of the molecule is C[C@@H]1CCCC[C@H]1NC(=O)NC(=O)COC(=O)C1C2CC3CC(C2)CC1C3. The normalized spacial score (nSPS) is 39.7. The quantitative estimate of drug-likeness (QED) is 0.739. The van der Waals surface area contributed by atoms with Gasteiger partial charge in [0.1, 0.15) is 0 Å². The number of amides is 3. The fourth-order valence-electron chi connectivity index (χ4n) is 6.44. The molecule has 150 valence electrons. The molecule has 0 aromatic carbocycles. The van der Waals surface area contributed by atoms with E-state index in [2.05, 4.69) is 17.6 Å². The van der Waals surface area contributed by atoms with Crippen LogP contribution in [-0.2, 0) is 14.3 Å². The molecule has 6 heteroatoms. The topological polar surface area (TPSA) is 84.5 Å². The summed E-state index contributed by atoms with van der Waals surface area (Å²) in [5.41, 5.74) is 0. The van der Waals surface area contributed by atoms with Crippen molar-refractivity contribution in [3.63, 3.8) is 0 Å². The van der Waals surface area contributed by atoms with Crippen LogP contribution in [0.1, 0.15) is 64.7 Å². The van der Waals surface area contributed by atoms with Gasteiger partial charge in [-0.05, 0) is 74.5 Å². The molecule has 0 heterocycles. The lowest BCUT2D eigenvalue weighted by Crippen LogP contribution is -2.50. The summed E-state index contributed by atoms with van der Waals surface area (Å²) in [6, 6.07) is -0.369. The van der Waals surface area contributed by atoms with Gasteiger partial charge in [0.05, 0.1) is 5.92 Å². The second kappa shape index (κ2) is 7.80. The third-order valence-corrected chi connectivity index (χ3v) is 7.53. The number of hydrogen-bond acceptors (Lipinski definition) is 4. The third-order valence-electron chi connectivity index (χ3n) is 7.53. The zero-order valence-corrected chi connectivity index (χ0v) is 16.2. The number of ether oxygens (including phenoxy) is 1. The van der Waals surface area contributed by atoms with Crippen molar-refractivity contribution in [2.75, 3.05) is 6.61 Å². The number of nitrogens with one attached hydrogen (secondary N) is 2. The monoisotopic (exact) mass is 376 g/mol. The number of hydrogen-bond donors (Lipinski definition) is 2. The summed E-state index contributed by atoms with van der Waals surface area (Å²) >= 11 is 0. The average molecular weight is 376 g/mol. The van der Waals surface area contributed by atoms with Gasteiger partial charge in [-0.3, -0.25) is 14.9 Å². The Labute approximate surface area is 161 Å². The zero-order valence-electron chi connectivity index (χ0n) is 16.2. The maximum absolute atomic E-state index is 12.6. The van der Waals surface area contributed by atoms with E-state index in [9.17, 15) is 14.4 Å². The highest BCUT2D eigenvalue weighted by molar-refractivity contribution is 5.95. The predicted molar refractivity (Wildman–Crippen MR) is 99.6 cm³/mol. The number of esters is 1. The molecule has 0 spiro atoms. The largest absolute Gasteiger partial charge is 0.455 e.